The lowest BCUT2D eigenvalue weighted by molar-refractivity contribution is -0.134. The maximum Gasteiger partial charge on any atom is 0.251 e. The maximum atomic E-state index is 14.8. The standard InChI is InChI=1S/C23H28FN5O2/c1-3-29-21-14-20(28-11-9-27(2)10-12-28)18(24)13-19(21)25-22(29)15-23(30)26-31-16-17-7-5-4-6-8-17/h4-8,13-14H,3,9-12,15-16H2,1-2H3,(H,26,30). The fourth-order valence-corrected chi connectivity index (χ4v) is 3.92. The predicted octanol–water partition coefficient (Wildman–Crippen LogP) is 2.74. The van der Waals surface area contributed by atoms with Crippen molar-refractivity contribution in [3.05, 3.63) is 59.7 Å². The Hall–Kier alpha value is -2.97. The molecule has 4 rings (SSSR count). The molecule has 2 aromatic carbocycles. The number of piperazine rings is 1. The van der Waals surface area contributed by atoms with Crippen LogP contribution in [0.25, 0.3) is 11.0 Å². The molecule has 1 saturated heterocycles. The molecule has 2 heterocycles. The van der Waals surface area contributed by atoms with Crippen LogP contribution in [0.4, 0.5) is 10.1 Å². The molecule has 164 valence electrons. The number of halogens is 1. The summed E-state index contributed by atoms with van der Waals surface area (Å²) in [5.41, 5.74) is 5.44. The van der Waals surface area contributed by atoms with Crippen molar-refractivity contribution in [3.8, 4) is 0 Å². The molecule has 0 bridgehead atoms. The quantitative estimate of drug-likeness (QED) is 0.590. The van der Waals surface area contributed by atoms with Gasteiger partial charge in [0.1, 0.15) is 11.6 Å². The number of benzene rings is 2. The highest BCUT2D eigenvalue weighted by atomic mass is 19.1. The highest BCUT2D eigenvalue weighted by Gasteiger charge is 2.21. The third kappa shape index (κ3) is 4.86. The molecule has 0 spiro atoms. The van der Waals surface area contributed by atoms with E-state index in [-0.39, 0.29) is 24.8 Å². The van der Waals surface area contributed by atoms with E-state index in [0.29, 0.717) is 23.6 Å². The zero-order valence-corrected chi connectivity index (χ0v) is 18.0. The van der Waals surface area contributed by atoms with Crippen molar-refractivity contribution in [1.82, 2.24) is 19.9 Å². The van der Waals surface area contributed by atoms with Crippen molar-refractivity contribution >= 4 is 22.6 Å². The van der Waals surface area contributed by atoms with Crippen LogP contribution < -0.4 is 10.4 Å². The summed E-state index contributed by atoms with van der Waals surface area (Å²) in [5, 5.41) is 0. The first-order valence-electron chi connectivity index (χ1n) is 10.6. The van der Waals surface area contributed by atoms with Crippen LogP contribution in [0.2, 0.25) is 0 Å². The average molecular weight is 426 g/mol. The van der Waals surface area contributed by atoms with E-state index in [4.69, 9.17) is 4.84 Å². The number of hydrogen-bond acceptors (Lipinski definition) is 5. The molecule has 1 aliphatic heterocycles. The molecule has 0 atom stereocenters. The first-order valence-corrected chi connectivity index (χ1v) is 10.6. The number of amides is 1. The van der Waals surface area contributed by atoms with Gasteiger partial charge in [0.2, 0.25) is 0 Å². The minimum Gasteiger partial charge on any atom is -0.367 e. The SMILES string of the molecule is CCn1c(CC(=O)NOCc2ccccc2)nc2cc(F)c(N3CCN(C)CC3)cc21. The Morgan fingerprint density at radius 3 is 2.61 bits per heavy atom. The van der Waals surface area contributed by atoms with E-state index in [2.05, 4.69) is 27.3 Å². The summed E-state index contributed by atoms with van der Waals surface area (Å²) in [5.74, 6) is 0.0222. The third-order valence-electron chi connectivity index (χ3n) is 5.64. The Balaban J connectivity index is 1.48. The van der Waals surface area contributed by atoms with Crippen LogP contribution in [-0.4, -0.2) is 53.6 Å². The van der Waals surface area contributed by atoms with Crippen LogP contribution in [0.15, 0.2) is 42.5 Å². The fourth-order valence-electron chi connectivity index (χ4n) is 3.92. The van der Waals surface area contributed by atoms with Gasteiger partial charge >= 0.3 is 0 Å². The Bertz CT molecular complexity index is 1050. The van der Waals surface area contributed by atoms with E-state index in [0.717, 1.165) is 37.3 Å². The second kappa shape index (κ2) is 9.45. The van der Waals surface area contributed by atoms with Crippen molar-refractivity contribution in [2.24, 2.45) is 0 Å². The van der Waals surface area contributed by atoms with E-state index in [1.165, 1.54) is 6.07 Å². The van der Waals surface area contributed by atoms with Crippen LogP contribution in [-0.2, 0) is 29.2 Å². The first-order chi connectivity index (χ1) is 15.0. The monoisotopic (exact) mass is 425 g/mol. The zero-order valence-electron chi connectivity index (χ0n) is 18.0. The number of aryl methyl sites for hydroxylation is 1. The molecular formula is C23H28FN5O2. The van der Waals surface area contributed by atoms with Gasteiger partial charge in [0, 0.05) is 38.8 Å². The van der Waals surface area contributed by atoms with Gasteiger partial charge in [0.15, 0.2) is 0 Å². The summed E-state index contributed by atoms with van der Waals surface area (Å²) in [6, 6.07) is 12.9. The van der Waals surface area contributed by atoms with Gasteiger partial charge in [0.25, 0.3) is 5.91 Å². The van der Waals surface area contributed by atoms with Crippen LogP contribution in [0.3, 0.4) is 0 Å². The van der Waals surface area contributed by atoms with Gasteiger partial charge in [-0.15, -0.1) is 0 Å². The number of fused-ring (bicyclic) bond motifs is 1. The van der Waals surface area contributed by atoms with E-state index in [9.17, 15) is 9.18 Å². The van der Waals surface area contributed by atoms with Crippen LogP contribution in [0.5, 0.6) is 0 Å². The summed E-state index contributed by atoms with van der Waals surface area (Å²) < 4.78 is 16.8. The fraction of sp³-hybridized carbons (Fsp3) is 0.391. The van der Waals surface area contributed by atoms with Gasteiger partial charge < -0.3 is 14.4 Å². The zero-order chi connectivity index (χ0) is 21.8. The number of carbonyl (C=O) groups is 1. The van der Waals surface area contributed by atoms with Crippen molar-refractivity contribution in [2.75, 3.05) is 38.1 Å². The topological polar surface area (TPSA) is 62.6 Å². The van der Waals surface area contributed by atoms with Crippen LogP contribution in [0.1, 0.15) is 18.3 Å². The second-order valence-corrected chi connectivity index (χ2v) is 7.83. The number of nitrogens with one attached hydrogen (secondary N) is 1. The molecule has 0 saturated carbocycles. The summed E-state index contributed by atoms with van der Waals surface area (Å²) in [6.07, 6.45) is 0.0583. The molecule has 0 radical (unpaired) electrons. The van der Waals surface area contributed by atoms with Gasteiger partial charge in [-0.3, -0.25) is 9.63 Å². The molecule has 1 N–H and O–H groups in total. The highest BCUT2D eigenvalue weighted by molar-refractivity contribution is 5.83. The molecule has 1 fully saturated rings. The Morgan fingerprint density at radius 2 is 1.90 bits per heavy atom. The number of hydrogen-bond donors (Lipinski definition) is 1. The summed E-state index contributed by atoms with van der Waals surface area (Å²) in [4.78, 5) is 26.5. The number of nitrogens with zero attached hydrogens (tertiary/aromatic N) is 4. The lowest BCUT2D eigenvalue weighted by Gasteiger charge is -2.34. The van der Waals surface area contributed by atoms with Gasteiger partial charge in [-0.2, -0.15) is 0 Å². The Kier molecular flexibility index (Phi) is 6.48. The van der Waals surface area contributed by atoms with E-state index < -0.39 is 0 Å². The largest absolute Gasteiger partial charge is 0.367 e. The van der Waals surface area contributed by atoms with Gasteiger partial charge in [-0.05, 0) is 25.6 Å². The maximum absolute atomic E-state index is 14.8. The number of anilines is 1. The van der Waals surface area contributed by atoms with Gasteiger partial charge in [-0.1, -0.05) is 30.3 Å². The molecule has 1 amide bonds. The van der Waals surface area contributed by atoms with Crippen molar-refractivity contribution in [1.29, 1.82) is 0 Å². The molecule has 31 heavy (non-hydrogen) atoms. The molecule has 1 aromatic heterocycles. The highest BCUT2D eigenvalue weighted by Crippen LogP contribution is 2.28. The smallest absolute Gasteiger partial charge is 0.251 e. The number of likely N-dealkylation sites (N-methyl/N-ethyl adjacent to an activating group) is 1. The lowest BCUT2D eigenvalue weighted by atomic mass is 10.2. The van der Waals surface area contributed by atoms with Gasteiger partial charge in [-0.25, -0.2) is 14.9 Å². The van der Waals surface area contributed by atoms with Crippen molar-refractivity contribution < 1.29 is 14.0 Å². The molecule has 1 aliphatic rings. The summed E-state index contributed by atoms with van der Waals surface area (Å²) in [6.45, 7) is 6.29. The van der Waals surface area contributed by atoms with E-state index in [1.807, 2.05) is 47.9 Å². The normalized spacial score (nSPS) is 14.9. The van der Waals surface area contributed by atoms with Crippen LogP contribution in [0, 0.1) is 5.82 Å². The molecule has 3 aromatic rings. The van der Waals surface area contributed by atoms with Crippen molar-refractivity contribution in [2.45, 2.75) is 26.5 Å². The molecular weight excluding hydrogens is 397 g/mol. The number of aromatic nitrogens is 2. The summed E-state index contributed by atoms with van der Waals surface area (Å²) in [7, 11) is 2.07. The third-order valence-corrected chi connectivity index (χ3v) is 5.64. The summed E-state index contributed by atoms with van der Waals surface area (Å²) >= 11 is 0. The number of carbonyl (C=O) groups excluding carboxylic acids is 1. The Labute approximate surface area is 181 Å². The molecule has 0 unspecified atom stereocenters. The Morgan fingerprint density at radius 1 is 1.16 bits per heavy atom. The molecule has 7 nitrogen and oxygen atoms in total. The lowest BCUT2D eigenvalue weighted by Crippen LogP contribution is -2.44. The predicted molar refractivity (Wildman–Crippen MR) is 118 cm³/mol. The molecule has 8 heteroatoms. The number of imidazole rings is 1. The van der Waals surface area contributed by atoms with Crippen molar-refractivity contribution in [3.63, 3.8) is 0 Å². The van der Waals surface area contributed by atoms with E-state index in [1.54, 1.807) is 0 Å². The van der Waals surface area contributed by atoms with Crippen LogP contribution >= 0.6 is 0 Å². The number of rotatable bonds is 7. The molecule has 0 aliphatic carbocycles. The minimum absolute atomic E-state index is 0.0583. The first kappa shape index (κ1) is 21.3. The van der Waals surface area contributed by atoms with Gasteiger partial charge in [0.05, 0.1) is 29.7 Å². The van der Waals surface area contributed by atoms with E-state index >= 15 is 0 Å². The second-order valence-electron chi connectivity index (χ2n) is 7.83. The average Bonchev–Trinajstić information content (AvgIpc) is 3.10. The number of hydroxylamine groups is 1. The minimum atomic E-state index is -0.291.